The average Bonchev–Trinajstić information content (AvgIpc) is 3.00. The van der Waals surface area contributed by atoms with Crippen LogP contribution in [0.25, 0.3) is 0 Å². The predicted octanol–water partition coefficient (Wildman–Crippen LogP) is 1.25. The summed E-state index contributed by atoms with van der Waals surface area (Å²) in [4.78, 5) is 31.8. The second-order valence-electron chi connectivity index (χ2n) is 6.44. The molecule has 1 aromatic heterocycles. The van der Waals surface area contributed by atoms with Crippen LogP contribution in [0.15, 0.2) is 18.3 Å². The predicted molar refractivity (Wildman–Crippen MR) is 88.2 cm³/mol. The van der Waals surface area contributed by atoms with Crippen molar-refractivity contribution in [2.45, 2.75) is 13.3 Å². The van der Waals surface area contributed by atoms with Gasteiger partial charge in [-0.15, -0.1) is 0 Å². The fourth-order valence-corrected chi connectivity index (χ4v) is 3.04. The van der Waals surface area contributed by atoms with Crippen LogP contribution in [-0.2, 0) is 9.53 Å². The maximum Gasteiger partial charge on any atom is 0.323 e. The monoisotopic (exact) mass is 334 g/mol. The maximum absolute atomic E-state index is 12.5. The number of anilines is 2. The lowest BCUT2D eigenvalue weighted by Crippen LogP contribution is -2.39. The molecule has 0 spiro atoms. The van der Waals surface area contributed by atoms with Crippen LogP contribution in [0.5, 0.6) is 0 Å². The van der Waals surface area contributed by atoms with Crippen molar-refractivity contribution in [2.75, 3.05) is 49.6 Å². The third-order valence-corrected chi connectivity index (χ3v) is 4.64. The first-order valence-electron chi connectivity index (χ1n) is 8.07. The first kappa shape index (κ1) is 16.5. The van der Waals surface area contributed by atoms with Crippen LogP contribution in [-0.4, -0.2) is 66.4 Å². The summed E-state index contributed by atoms with van der Waals surface area (Å²) in [5, 5.41) is 12.1. The molecule has 8 nitrogen and oxygen atoms in total. The highest BCUT2D eigenvalue weighted by Gasteiger charge is 2.42. The number of carboxylic acid groups (broad SMARTS) is 1. The quantitative estimate of drug-likeness (QED) is 0.864. The van der Waals surface area contributed by atoms with Gasteiger partial charge in [0.15, 0.2) is 5.82 Å². The summed E-state index contributed by atoms with van der Waals surface area (Å²) in [7, 11) is 0. The number of pyridine rings is 1. The lowest BCUT2D eigenvalue weighted by molar-refractivity contribution is -0.146. The van der Waals surface area contributed by atoms with Crippen molar-refractivity contribution in [3.05, 3.63) is 18.3 Å². The number of ether oxygens (including phenoxy) is 1. The molecular formula is C16H22N4O4. The number of aromatic nitrogens is 1. The van der Waals surface area contributed by atoms with Crippen LogP contribution in [0.3, 0.4) is 0 Å². The Morgan fingerprint density at radius 3 is 2.75 bits per heavy atom. The molecule has 24 heavy (non-hydrogen) atoms. The van der Waals surface area contributed by atoms with Crippen LogP contribution in [0.4, 0.5) is 16.3 Å². The highest BCUT2D eigenvalue weighted by Crippen LogP contribution is 2.31. The number of hydrogen-bond donors (Lipinski definition) is 2. The van der Waals surface area contributed by atoms with Gasteiger partial charge in [0.05, 0.1) is 24.3 Å². The second kappa shape index (κ2) is 6.64. The number of nitrogens with one attached hydrogen (secondary N) is 1. The molecule has 2 fully saturated rings. The van der Waals surface area contributed by atoms with E-state index >= 15 is 0 Å². The molecule has 2 amide bonds. The Morgan fingerprint density at radius 2 is 2.08 bits per heavy atom. The van der Waals surface area contributed by atoms with Crippen LogP contribution < -0.4 is 10.2 Å². The zero-order valence-electron chi connectivity index (χ0n) is 13.7. The molecule has 1 atom stereocenters. The Kier molecular flexibility index (Phi) is 4.57. The number of carboxylic acids is 1. The van der Waals surface area contributed by atoms with Gasteiger partial charge in [-0.05, 0) is 25.5 Å². The molecule has 8 heteroatoms. The lowest BCUT2D eigenvalue weighted by atomic mass is 9.90. The lowest BCUT2D eigenvalue weighted by Gasteiger charge is -2.30. The van der Waals surface area contributed by atoms with E-state index in [1.54, 1.807) is 13.1 Å². The number of hydrogen-bond acceptors (Lipinski definition) is 5. The minimum Gasteiger partial charge on any atom is -0.481 e. The molecule has 1 unspecified atom stereocenters. The van der Waals surface area contributed by atoms with E-state index in [0.29, 0.717) is 32.0 Å². The number of likely N-dealkylation sites (tertiary alicyclic amines) is 1. The molecule has 0 saturated carbocycles. The van der Waals surface area contributed by atoms with E-state index < -0.39 is 11.4 Å². The van der Waals surface area contributed by atoms with E-state index in [9.17, 15) is 14.7 Å². The topological polar surface area (TPSA) is 95.0 Å². The third kappa shape index (κ3) is 3.28. The van der Waals surface area contributed by atoms with Crippen LogP contribution >= 0.6 is 0 Å². The standard InChI is InChI=1S/C16H22N4O4/c1-16(14(21)22)4-6-20(11-16)15(23)18-13-12(3-2-5-17-13)19-7-9-24-10-8-19/h2-3,5H,4,6-11H2,1H3,(H,21,22)(H,17,18,23). The van der Waals surface area contributed by atoms with Crippen molar-refractivity contribution in [1.29, 1.82) is 0 Å². The van der Waals surface area contributed by atoms with E-state index in [0.717, 1.165) is 18.8 Å². The fraction of sp³-hybridized carbons (Fsp3) is 0.562. The highest BCUT2D eigenvalue weighted by molar-refractivity contribution is 5.92. The van der Waals surface area contributed by atoms with Gasteiger partial charge >= 0.3 is 12.0 Å². The van der Waals surface area contributed by atoms with E-state index in [1.165, 1.54) is 4.90 Å². The Bertz CT molecular complexity index is 632. The van der Waals surface area contributed by atoms with Crippen molar-refractivity contribution in [3.8, 4) is 0 Å². The molecule has 2 N–H and O–H groups in total. The number of urea groups is 1. The zero-order valence-corrected chi connectivity index (χ0v) is 13.7. The minimum atomic E-state index is -0.880. The average molecular weight is 334 g/mol. The third-order valence-electron chi connectivity index (χ3n) is 4.64. The van der Waals surface area contributed by atoms with E-state index in [4.69, 9.17) is 4.74 Å². The molecule has 3 rings (SSSR count). The zero-order chi connectivity index (χ0) is 17.2. The van der Waals surface area contributed by atoms with Gasteiger partial charge in [-0.3, -0.25) is 10.1 Å². The van der Waals surface area contributed by atoms with E-state index in [1.807, 2.05) is 12.1 Å². The number of carbonyl (C=O) groups excluding carboxylic acids is 1. The number of morpholine rings is 1. The van der Waals surface area contributed by atoms with Gasteiger partial charge in [0, 0.05) is 32.4 Å². The second-order valence-corrected chi connectivity index (χ2v) is 6.44. The van der Waals surface area contributed by atoms with Gasteiger partial charge in [-0.2, -0.15) is 0 Å². The summed E-state index contributed by atoms with van der Waals surface area (Å²) in [5.74, 6) is -0.377. The normalized spacial score (nSPS) is 24.0. The van der Waals surface area contributed by atoms with Crippen molar-refractivity contribution in [1.82, 2.24) is 9.88 Å². The Hall–Kier alpha value is -2.35. The number of amides is 2. The fourth-order valence-electron chi connectivity index (χ4n) is 3.04. The van der Waals surface area contributed by atoms with Gasteiger partial charge in [0.2, 0.25) is 0 Å². The van der Waals surface area contributed by atoms with Gasteiger partial charge in [-0.25, -0.2) is 9.78 Å². The summed E-state index contributed by atoms with van der Waals surface area (Å²) in [5.41, 5.74) is -0.0246. The Balaban J connectivity index is 1.70. The van der Waals surface area contributed by atoms with Gasteiger partial charge in [0.1, 0.15) is 0 Å². The molecule has 0 aromatic carbocycles. The molecule has 2 aliphatic rings. The van der Waals surface area contributed by atoms with Crippen LogP contribution in [0.1, 0.15) is 13.3 Å². The summed E-state index contributed by atoms with van der Waals surface area (Å²) in [6, 6.07) is 3.44. The van der Waals surface area contributed by atoms with Gasteiger partial charge in [0.25, 0.3) is 0 Å². The van der Waals surface area contributed by atoms with E-state index in [2.05, 4.69) is 15.2 Å². The highest BCUT2D eigenvalue weighted by atomic mass is 16.5. The molecule has 0 bridgehead atoms. The SMILES string of the molecule is CC1(C(=O)O)CCN(C(=O)Nc2ncccc2N2CCOCC2)C1. The maximum atomic E-state index is 12.5. The van der Waals surface area contributed by atoms with Crippen molar-refractivity contribution in [2.24, 2.45) is 5.41 Å². The largest absolute Gasteiger partial charge is 0.481 e. The molecule has 2 aliphatic heterocycles. The summed E-state index contributed by atoms with van der Waals surface area (Å²) < 4.78 is 5.36. The number of nitrogens with zero attached hydrogens (tertiary/aromatic N) is 3. The Labute approximate surface area is 140 Å². The van der Waals surface area contributed by atoms with Crippen molar-refractivity contribution >= 4 is 23.5 Å². The number of rotatable bonds is 3. The molecule has 3 heterocycles. The summed E-state index contributed by atoms with van der Waals surface area (Å²) >= 11 is 0. The molecule has 1 aromatic rings. The number of carbonyl (C=O) groups is 2. The molecule has 2 saturated heterocycles. The van der Waals surface area contributed by atoms with Crippen molar-refractivity contribution < 1.29 is 19.4 Å². The molecule has 0 aliphatic carbocycles. The van der Waals surface area contributed by atoms with Crippen molar-refractivity contribution in [3.63, 3.8) is 0 Å². The number of aliphatic carboxylic acids is 1. The minimum absolute atomic E-state index is 0.202. The van der Waals surface area contributed by atoms with E-state index in [-0.39, 0.29) is 12.6 Å². The Morgan fingerprint density at radius 1 is 1.33 bits per heavy atom. The smallest absolute Gasteiger partial charge is 0.323 e. The van der Waals surface area contributed by atoms with Crippen LogP contribution in [0, 0.1) is 5.41 Å². The summed E-state index contributed by atoms with van der Waals surface area (Å²) in [6.45, 7) is 5.08. The first-order valence-corrected chi connectivity index (χ1v) is 8.07. The molecule has 0 radical (unpaired) electrons. The van der Waals surface area contributed by atoms with Crippen LogP contribution in [0.2, 0.25) is 0 Å². The summed E-state index contributed by atoms with van der Waals surface area (Å²) in [6.07, 6.45) is 2.08. The molecular weight excluding hydrogens is 312 g/mol. The molecule has 130 valence electrons. The first-order chi connectivity index (χ1) is 11.5. The van der Waals surface area contributed by atoms with Gasteiger partial charge in [-0.1, -0.05) is 0 Å². The van der Waals surface area contributed by atoms with Gasteiger partial charge < -0.3 is 19.6 Å².